The molecule has 0 aliphatic carbocycles. The average Bonchev–Trinajstić information content (AvgIpc) is 2.86. The molecular formula is C10H7BrN4O4S. The van der Waals surface area contributed by atoms with Gasteiger partial charge in [-0.25, -0.2) is 14.8 Å². The van der Waals surface area contributed by atoms with Crippen molar-refractivity contribution in [1.82, 2.24) is 9.97 Å². The van der Waals surface area contributed by atoms with E-state index in [1.165, 1.54) is 17.6 Å². The number of nitrogens with zero attached hydrogens (tertiary/aromatic N) is 3. The monoisotopic (exact) mass is 358 g/mol. The van der Waals surface area contributed by atoms with Crippen LogP contribution in [0.1, 0.15) is 15.5 Å². The largest absolute Gasteiger partial charge is 0.476 e. The van der Waals surface area contributed by atoms with Gasteiger partial charge in [0.15, 0.2) is 5.69 Å². The van der Waals surface area contributed by atoms with Crippen LogP contribution in [0.15, 0.2) is 22.1 Å². The fourth-order valence-corrected chi connectivity index (χ4v) is 2.38. The Morgan fingerprint density at radius 1 is 1.60 bits per heavy atom. The molecule has 0 bridgehead atoms. The van der Waals surface area contributed by atoms with Gasteiger partial charge in [0, 0.05) is 22.1 Å². The lowest BCUT2D eigenvalue weighted by Gasteiger charge is -2.04. The predicted octanol–water partition coefficient (Wildman–Crippen LogP) is 2.52. The lowest BCUT2D eigenvalue weighted by Crippen LogP contribution is -2.05. The van der Waals surface area contributed by atoms with E-state index in [-0.39, 0.29) is 23.7 Å². The van der Waals surface area contributed by atoms with Gasteiger partial charge in [-0.2, -0.15) is 0 Å². The first kappa shape index (κ1) is 14.3. The van der Waals surface area contributed by atoms with E-state index in [2.05, 4.69) is 31.2 Å². The Labute approximate surface area is 124 Å². The molecule has 0 aromatic carbocycles. The van der Waals surface area contributed by atoms with Crippen molar-refractivity contribution in [2.45, 2.75) is 6.54 Å². The molecule has 8 nitrogen and oxygen atoms in total. The molecule has 10 heteroatoms. The van der Waals surface area contributed by atoms with E-state index in [0.29, 0.717) is 9.48 Å². The van der Waals surface area contributed by atoms with Crippen molar-refractivity contribution in [3.63, 3.8) is 0 Å². The Balaban J connectivity index is 2.14. The Hall–Kier alpha value is -2.07. The lowest BCUT2D eigenvalue weighted by molar-refractivity contribution is -0.384. The van der Waals surface area contributed by atoms with Crippen molar-refractivity contribution in [2.75, 3.05) is 5.32 Å². The molecule has 2 aromatic rings. The van der Waals surface area contributed by atoms with Crippen LogP contribution >= 0.6 is 27.3 Å². The van der Waals surface area contributed by atoms with Gasteiger partial charge in [0.2, 0.25) is 5.82 Å². The fourth-order valence-electron chi connectivity index (χ4n) is 1.35. The molecule has 0 amide bonds. The summed E-state index contributed by atoms with van der Waals surface area (Å²) in [6.45, 7) is 0.160. The highest BCUT2D eigenvalue weighted by Gasteiger charge is 2.16. The maximum absolute atomic E-state index is 10.9. The average molecular weight is 359 g/mol. The SMILES string of the molecule is O=C(O)c1csc(CNc2ncc(Br)cc2[N+](=O)[O-])n1. The molecule has 2 aromatic heterocycles. The summed E-state index contributed by atoms with van der Waals surface area (Å²) in [6.07, 6.45) is 1.43. The van der Waals surface area contributed by atoms with Gasteiger partial charge in [0.25, 0.3) is 0 Å². The van der Waals surface area contributed by atoms with Gasteiger partial charge in [-0.1, -0.05) is 0 Å². The standard InChI is InChI=1S/C10H7BrN4O4S/c11-5-1-7(15(18)19)9(12-2-5)13-3-8-14-6(4-20-8)10(16)17/h1-2,4H,3H2,(H,12,13)(H,16,17). The van der Waals surface area contributed by atoms with Crippen LogP contribution in [0, 0.1) is 10.1 Å². The van der Waals surface area contributed by atoms with Crippen LogP contribution in [-0.4, -0.2) is 26.0 Å². The van der Waals surface area contributed by atoms with Crippen molar-refractivity contribution in [1.29, 1.82) is 0 Å². The van der Waals surface area contributed by atoms with E-state index in [4.69, 9.17) is 5.11 Å². The fraction of sp³-hybridized carbons (Fsp3) is 0.100. The number of carboxylic acids is 1. The Bertz CT molecular complexity index is 675. The third-order valence-electron chi connectivity index (χ3n) is 2.21. The lowest BCUT2D eigenvalue weighted by atomic mass is 10.4. The number of carboxylic acid groups (broad SMARTS) is 1. The van der Waals surface area contributed by atoms with Crippen molar-refractivity contribution >= 4 is 44.7 Å². The van der Waals surface area contributed by atoms with Gasteiger partial charge in [-0.15, -0.1) is 11.3 Å². The molecule has 2 heterocycles. The van der Waals surface area contributed by atoms with Crippen LogP contribution in [0.5, 0.6) is 0 Å². The number of aromatic nitrogens is 2. The Kier molecular flexibility index (Phi) is 4.25. The van der Waals surface area contributed by atoms with E-state index in [0.717, 1.165) is 11.3 Å². The van der Waals surface area contributed by atoms with Crippen molar-refractivity contribution in [3.05, 3.63) is 42.9 Å². The molecule has 0 aliphatic rings. The van der Waals surface area contributed by atoms with Gasteiger partial charge >= 0.3 is 11.7 Å². The predicted molar refractivity (Wildman–Crippen MR) is 75.0 cm³/mol. The summed E-state index contributed by atoms with van der Waals surface area (Å²) in [6, 6.07) is 1.33. The molecule has 2 N–H and O–H groups in total. The maximum Gasteiger partial charge on any atom is 0.355 e. The Morgan fingerprint density at radius 3 is 2.95 bits per heavy atom. The zero-order chi connectivity index (χ0) is 14.7. The van der Waals surface area contributed by atoms with Crippen LogP contribution in [0.3, 0.4) is 0 Å². The Morgan fingerprint density at radius 2 is 2.35 bits per heavy atom. The minimum atomic E-state index is -1.11. The summed E-state index contributed by atoms with van der Waals surface area (Å²) in [7, 11) is 0. The zero-order valence-corrected chi connectivity index (χ0v) is 12.1. The number of anilines is 1. The molecule has 0 atom stereocenters. The minimum absolute atomic E-state index is 0.0509. The van der Waals surface area contributed by atoms with Gasteiger partial charge in [0.1, 0.15) is 5.01 Å². The number of carbonyl (C=O) groups is 1. The normalized spacial score (nSPS) is 10.2. The number of thiazole rings is 1. The van der Waals surface area contributed by atoms with Crippen molar-refractivity contribution in [2.24, 2.45) is 0 Å². The minimum Gasteiger partial charge on any atom is -0.476 e. The molecule has 104 valence electrons. The molecular weight excluding hydrogens is 352 g/mol. The first-order valence-corrected chi connectivity index (χ1v) is 6.86. The zero-order valence-electron chi connectivity index (χ0n) is 9.74. The van der Waals surface area contributed by atoms with E-state index in [9.17, 15) is 14.9 Å². The molecule has 0 saturated heterocycles. The second-order valence-corrected chi connectivity index (χ2v) is 5.42. The van der Waals surface area contributed by atoms with Gasteiger partial charge < -0.3 is 10.4 Å². The maximum atomic E-state index is 10.9. The van der Waals surface area contributed by atoms with E-state index in [1.807, 2.05) is 0 Å². The van der Waals surface area contributed by atoms with Crippen molar-refractivity contribution < 1.29 is 14.8 Å². The van der Waals surface area contributed by atoms with Crippen molar-refractivity contribution in [3.8, 4) is 0 Å². The summed E-state index contributed by atoms with van der Waals surface area (Å²) in [5, 5.41) is 24.3. The summed E-state index contributed by atoms with van der Waals surface area (Å²) < 4.78 is 0.497. The first-order chi connectivity index (χ1) is 9.47. The highest BCUT2D eigenvalue weighted by molar-refractivity contribution is 9.10. The van der Waals surface area contributed by atoms with E-state index < -0.39 is 10.9 Å². The van der Waals surface area contributed by atoms with Gasteiger partial charge in [-0.05, 0) is 15.9 Å². The number of hydrogen-bond acceptors (Lipinski definition) is 7. The number of pyridine rings is 1. The van der Waals surface area contributed by atoms with Gasteiger partial charge in [-0.3, -0.25) is 10.1 Å². The summed E-state index contributed by atoms with van der Waals surface area (Å²) in [4.78, 5) is 28.8. The molecule has 2 rings (SSSR count). The second-order valence-electron chi connectivity index (χ2n) is 3.56. The molecule has 0 radical (unpaired) electrons. The van der Waals surface area contributed by atoms with Crippen LogP contribution in [0.2, 0.25) is 0 Å². The first-order valence-electron chi connectivity index (χ1n) is 5.19. The molecule has 0 aliphatic heterocycles. The number of nitrogens with one attached hydrogen (secondary N) is 1. The summed E-state index contributed by atoms with van der Waals surface area (Å²) >= 11 is 4.26. The number of halogens is 1. The van der Waals surface area contributed by atoms with Crippen LogP contribution in [0.25, 0.3) is 0 Å². The number of aromatic carboxylic acids is 1. The van der Waals surface area contributed by atoms with E-state index >= 15 is 0 Å². The van der Waals surface area contributed by atoms with Crippen LogP contribution in [-0.2, 0) is 6.54 Å². The third kappa shape index (κ3) is 3.27. The van der Waals surface area contributed by atoms with Crippen LogP contribution in [0.4, 0.5) is 11.5 Å². The molecule has 0 unspecified atom stereocenters. The summed E-state index contributed by atoms with van der Waals surface area (Å²) in [5.74, 6) is -1.01. The third-order valence-corrected chi connectivity index (χ3v) is 3.49. The highest BCUT2D eigenvalue weighted by atomic mass is 79.9. The highest BCUT2D eigenvalue weighted by Crippen LogP contribution is 2.25. The topological polar surface area (TPSA) is 118 Å². The quantitative estimate of drug-likeness (QED) is 0.622. The van der Waals surface area contributed by atoms with Gasteiger partial charge in [0.05, 0.1) is 11.5 Å². The number of nitro groups is 1. The molecule has 0 spiro atoms. The molecule has 0 saturated carbocycles. The van der Waals surface area contributed by atoms with Crippen LogP contribution < -0.4 is 5.32 Å². The smallest absolute Gasteiger partial charge is 0.355 e. The number of hydrogen-bond donors (Lipinski definition) is 2. The number of rotatable bonds is 5. The summed E-state index contributed by atoms with van der Waals surface area (Å²) in [5.41, 5.74) is -0.223. The second kappa shape index (κ2) is 5.92. The molecule has 0 fully saturated rings. The molecule has 20 heavy (non-hydrogen) atoms. The van der Waals surface area contributed by atoms with E-state index in [1.54, 1.807) is 0 Å².